The predicted octanol–water partition coefficient (Wildman–Crippen LogP) is 2.81. The Morgan fingerprint density at radius 3 is 3.29 bits per heavy atom. The van der Waals surface area contributed by atoms with Crippen molar-refractivity contribution in [3.63, 3.8) is 0 Å². The van der Waals surface area contributed by atoms with E-state index in [0.717, 1.165) is 19.4 Å². The van der Waals surface area contributed by atoms with Crippen LogP contribution in [0.1, 0.15) is 31.8 Å². The van der Waals surface area contributed by atoms with Crippen LogP contribution in [0.4, 0.5) is 0 Å². The highest BCUT2D eigenvalue weighted by atomic mass is 14.9. The van der Waals surface area contributed by atoms with Crippen LogP contribution in [-0.4, -0.2) is 17.6 Å². The first-order chi connectivity index (χ1) is 8.64. The van der Waals surface area contributed by atoms with E-state index in [-0.39, 0.29) is 5.89 Å². The van der Waals surface area contributed by atoms with Crippen LogP contribution >= 0.6 is 0 Å². The summed E-state index contributed by atoms with van der Waals surface area (Å²) in [6.07, 6.45) is 4.22. The molecule has 1 aliphatic carbocycles. The SMILES string of the molecule is [2H]C1(C)CN[C@@H]2Cc3c[nH]c4cccc(c34)[C@H]2C1. The Labute approximate surface area is 103 Å². The van der Waals surface area contributed by atoms with Crippen LogP contribution in [0.5, 0.6) is 0 Å². The summed E-state index contributed by atoms with van der Waals surface area (Å²) in [5, 5.41) is 5.00. The van der Waals surface area contributed by atoms with Gasteiger partial charge in [0, 0.05) is 30.4 Å². The van der Waals surface area contributed by atoms with E-state index in [1.807, 2.05) is 6.92 Å². The number of hydrogen-bond acceptors (Lipinski definition) is 1. The topological polar surface area (TPSA) is 27.8 Å². The molecule has 0 spiro atoms. The molecule has 2 aliphatic rings. The number of nitrogens with one attached hydrogen (secondary N) is 2. The first-order valence-electron chi connectivity index (χ1n) is 6.96. The third-order valence-electron chi connectivity index (χ3n) is 4.38. The van der Waals surface area contributed by atoms with Gasteiger partial charge in [-0.05, 0) is 42.5 Å². The molecule has 2 heterocycles. The number of aromatic nitrogens is 1. The van der Waals surface area contributed by atoms with Crippen LogP contribution < -0.4 is 5.32 Å². The van der Waals surface area contributed by atoms with Crippen molar-refractivity contribution in [2.75, 3.05) is 6.54 Å². The fraction of sp³-hybridized carbons (Fsp3) is 0.467. The second-order valence-electron chi connectivity index (χ2n) is 5.54. The highest BCUT2D eigenvalue weighted by Crippen LogP contribution is 2.41. The molecule has 0 bridgehead atoms. The highest BCUT2D eigenvalue weighted by Gasteiger charge is 2.34. The summed E-state index contributed by atoms with van der Waals surface area (Å²) in [6, 6.07) is 7.05. The third kappa shape index (κ3) is 1.31. The quantitative estimate of drug-likeness (QED) is 0.711. The molecule has 1 aromatic carbocycles. The minimum absolute atomic E-state index is 0.336. The van der Waals surface area contributed by atoms with E-state index in [1.165, 1.54) is 22.0 Å². The molecule has 1 saturated heterocycles. The summed E-state index contributed by atoms with van der Waals surface area (Å²) in [5.41, 5.74) is 4.12. The maximum atomic E-state index is 8.32. The van der Waals surface area contributed by atoms with Crippen molar-refractivity contribution < 1.29 is 1.37 Å². The van der Waals surface area contributed by atoms with Gasteiger partial charge in [0.25, 0.3) is 0 Å². The Balaban J connectivity index is 1.90. The summed E-state index contributed by atoms with van der Waals surface area (Å²) in [5.74, 6) is 0.158. The van der Waals surface area contributed by atoms with Gasteiger partial charge in [-0.15, -0.1) is 0 Å². The second-order valence-corrected chi connectivity index (χ2v) is 5.54. The van der Waals surface area contributed by atoms with E-state index in [2.05, 4.69) is 34.7 Å². The lowest BCUT2D eigenvalue weighted by atomic mass is 9.74. The van der Waals surface area contributed by atoms with Crippen molar-refractivity contribution in [2.45, 2.75) is 31.7 Å². The van der Waals surface area contributed by atoms with Gasteiger partial charge in [-0.25, -0.2) is 0 Å². The molecule has 1 aromatic heterocycles. The second kappa shape index (κ2) is 3.36. The molecule has 3 atom stereocenters. The van der Waals surface area contributed by atoms with Crippen molar-refractivity contribution in [3.8, 4) is 0 Å². The van der Waals surface area contributed by atoms with Gasteiger partial charge >= 0.3 is 0 Å². The number of rotatable bonds is 0. The predicted molar refractivity (Wildman–Crippen MR) is 70.3 cm³/mol. The van der Waals surface area contributed by atoms with Crippen LogP contribution in [0, 0.1) is 5.89 Å². The van der Waals surface area contributed by atoms with Gasteiger partial charge in [0.15, 0.2) is 0 Å². The maximum Gasteiger partial charge on any atom is 0.0459 e. The van der Waals surface area contributed by atoms with Crippen molar-refractivity contribution in [2.24, 2.45) is 5.89 Å². The molecule has 1 aliphatic heterocycles. The summed E-state index contributed by atoms with van der Waals surface area (Å²) in [6.45, 7) is 2.85. The van der Waals surface area contributed by atoms with E-state index < -0.39 is 0 Å². The standard InChI is InChI=1S/C15H18N2/c1-9-5-12-11-3-2-4-13-15(11)10(8-17-13)6-14(12)16-7-9/h2-4,8-9,12,14,16-17H,5-7H2,1H3/t9?,12-,14-/m1/s1/i9D. The maximum absolute atomic E-state index is 8.32. The Morgan fingerprint density at radius 2 is 2.35 bits per heavy atom. The Kier molecular flexibility index (Phi) is 1.73. The summed E-state index contributed by atoms with van der Waals surface area (Å²) < 4.78 is 8.32. The molecule has 2 aromatic rings. The molecule has 0 amide bonds. The Hall–Kier alpha value is -1.28. The zero-order valence-electron chi connectivity index (χ0n) is 11.1. The van der Waals surface area contributed by atoms with Crippen molar-refractivity contribution >= 4 is 10.9 Å². The van der Waals surface area contributed by atoms with E-state index >= 15 is 0 Å². The monoisotopic (exact) mass is 227 g/mol. The first-order valence-corrected chi connectivity index (χ1v) is 6.46. The van der Waals surface area contributed by atoms with Crippen LogP contribution in [0.3, 0.4) is 0 Å². The van der Waals surface area contributed by atoms with Crippen LogP contribution in [0.2, 0.25) is 0 Å². The fourth-order valence-electron chi connectivity index (χ4n) is 3.57. The lowest BCUT2D eigenvalue weighted by Crippen LogP contribution is -2.46. The Bertz CT molecular complexity index is 614. The minimum atomic E-state index is -0.336. The first kappa shape index (κ1) is 8.76. The third-order valence-corrected chi connectivity index (χ3v) is 4.38. The van der Waals surface area contributed by atoms with E-state index in [4.69, 9.17) is 1.37 Å². The number of aromatic amines is 1. The molecule has 2 heteroatoms. The number of benzene rings is 1. The van der Waals surface area contributed by atoms with Crippen molar-refractivity contribution in [1.82, 2.24) is 10.3 Å². The molecule has 2 N–H and O–H groups in total. The molecule has 88 valence electrons. The van der Waals surface area contributed by atoms with Gasteiger partial charge < -0.3 is 10.3 Å². The molecule has 0 radical (unpaired) electrons. The molecule has 17 heavy (non-hydrogen) atoms. The molecule has 4 rings (SSSR count). The lowest BCUT2D eigenvalue weighted by Gasteiger charge is -2.39. The Morgan fingerprint density at radius 1 is 1.41 bits per heavy atom. The van der Waals surface area contributed by atoms with Gasteiger partial charge in [-0.3, -0.25) is 0 Å². The average Bonchev–Trinajstić information content (AvgIpc) is 2.75. The molecule has 0 saturated carbocycles. The van der Waals surface area contributed by atoms with Gasteiger partial charge in [0.1, 0.15) is 0 Å². The van der Waals surface area contributed by atoms with E-state index in [0.29, 0.717) is 12.0 Å². The van der Waals surface area contributed by atoms with Crippen molar-refractivity contribution in [1.29, 1.82) is 0 Å². The average molecular weight is 227 g/mol. The molecule has 1 unspecified atom stereocenters. The molecule has 2 nitrogen and oxygen atoms in total. The van der Waals surface area contributed by atoms with Gasteiger partial charge in [0.2, 0.25) is 0 Å². The van der Waals surface area contributed by atoms with Gasteiger partial charge in [0.05, 0.1) is 0 Å². The molecular weight excluding hydrogens is 208 g/mol. The van der Waals surface area contributed by atoms with Crippen LogP contribution in [-0.2, 0) is 6.42 Å². The summed E-state index contributed by atoms with van der Waals surface area (Å²) >= 11 is 0. The zero-order valence-corrected chi connectivity index (χ0v) is 10.1. The summed E-state index contributed by atoms with van der Waals surface area (Å²) in [7, 11) is 0. The van der Waals surface area contributed by atoms with Crippen LogP contribution in [0.25, 0.3) is 10.9 Å². The fourth-order valence-corrected chi connectivity index (χ4v) is 3.57. The number of H-pyrrole nitrogens is 1. The van der Waals surface area contributed by atoms with Gasteiger partial charge in [-0.1, -0.05) is 19.1 Å². The molecular formula is C15H18N2. The lowest BCUT2D eigenvalue weighted by molar-refractivity contribution is 0.282. The number of hydrogen-bond donors (Lipinski definition) is 2. The van der Waals surface area contributed by atoms with E-state index in [1.54, 1.807) is 0 Å². The van der Waals surface area contributed by atoms with Gasteiger partial charge in [-0.2, -0.15) is 0 Å². The van der Waals surface area contributed by atoms with Crippen molar-refractivity contribution in [3.05, 3.63) is 35.5 Å². The van der Waals surface area contributed by atoms with E-state index in [9.17, 15) is 0 Å². The summed E-state index contributed by atoms with van der Waals surface area (Å²) in [4.78, 5) is 3.38. The van der Waals surface area contributed by atoms with Crippen LogP contribution in [0.15, 0.2) is 24.4 Å². The largest absolute Gasteiger partial charge is 0.361 e. The smallest absolute Gasteiger partial charge is 0.0459 e. The number of fused-ring (bicyclic) bond motifs is 2. The number of piperidine rings is 1. The highest BCUT2D eigenvalue weighted by molar-refractivity contribution is 5.88. The normalized spacial score (nSPS) is 36.6. The molecule has 1 fully saturated rings. The zero-order chi connectivity index (χ0) is 12.3. The minimum Gasteiger partial charge on any atom is -0.361 e.